The van der Waals surface area contributed by atoms with Crippen LogP contribution in [0.1, 0.15) is 6.92 Å². The van der Waals surface area contributed by atoms with Crippen molar-refractivity contribution in [3.8, 4) is 28.3 Å². The van der Waals surface area contributed by atoms with Gasteiger partial charge in [0.2, 0.25) is 0 Å². The first-order valence-corrected chi connectivity index (χ1v) is 9.31. The number of nitrogens with one attached hydrogen (secondary N) is 1. The van der Waals surface area contributed by atoms with E-state index in [9.17, 15) is 5.11 Å². The topological polar surface area (TPSA) is 98.2 Å². The largest absolute Gasteiger partial charge is 0.508 e. The lowest BCUT2D eigenvalue weighted by atomic mass is 10.1. The van der Waals surface area contributed by atoms with Crippen molar-refractivity contribution < 1.29 is 9.84 Å². The van der Waals surface area contributed by atoms with Crippen molar-refractivity contribution in [2.75, 3.05) is 26.4 Å². The number of hydrogen-bond acceptors (Lipinski definition) is 6. The molecular weight excluding hydrogens is 366 g/mol. The van der Waals surface area contributed by atoms with Crippen molar-refractivity contribution in [3.05, 3.63) is 61.1 Å². The summed E-state index contributed by atoms with van der Waals surface area (Å²) in [4.78, 5) is 8.56. The number of nitrogens with two attached hydrogens (primary N) is 1. The van der Waals surface area contributed by atoms with E-state index in [0.29, 0.717) is 18.1 Å². The Morgan fingerprint density at radius 2 is 1.83 bits per heavy atom. The summed E-state index contributed by atoms with van der Waals surface area (Å²) in [5.74, 6) is 1.41. The monoisotopic (exact) mass is 391 g/mol. The summed E-state index contributed by atoms with van der Waals surface area (Å²) in [5, 5.41) is 13.3. The van der Waals surface area contributed by atoms with Crippen molar-refractivity contribution in [3.63, 3.8) is 0 Å². The average molecular weight is 391 g/mol. The van der Waals surface area contributed by atoms with Crippen LogP contribution in [0.4, 0.5) is 5.82 Å². The molecule has 0 spiro atoms. The van der Waals surface area contributed by atoms with Crippen molar-refractivity contribution in [2.45, 2.75) is 6.92 Å². The maximum Gasteiger partial charge on any atom is 0.150 e. The van der Waals surface area contributed by atoms with Crippen LogP contribution in [0.25, 0.3) is 27.8 Å². The Morgan fingerprint density at radius 3 is 2.48 bits per heavy atom. The standard InChI is InChI=1S/C20H18N4O2.C2H7N/c1-2-26-16-8-6-14(7-9-16)24-11-17(13-4-3-5-15(25)10-13)18-19(21)22-12-23-20(18)24;1-3-2/h3-12,25H,2H2,1H3,(H2,21,22,23);3H,1-2H3. The summed E-state index contributed by atoms with van der Waals surface area (Å²) < 4.78 is 7.47. The molecular formula is C22H25N5O2. The molecule has 0 aliphatic heterocycles. The summed E-state index contributed by atoms with van der Waals surface area (Å²) in [5.41, 5.74) is 9.49. The Balaban J connectivity index is 0.000000755. The normalized spacial score (nSPS) is 10.4. The van der Waals surface area contributed by atoms with Crippen LogP contribution in [-0.4, -0.2) is 40.3 Å². The van der Waals surface area contributed by atoms with Crippen molar-refractivity contribution in [1.29, 1.82) is 0 Å². The lowest BCUT2D eigenvalue weighted by molar-refractivity contribution is 0.340. The molecule has 0 aliphatic rings. The lowest BCUT2D eigenvalue weighted by Crippen LogP contribution is -1.97. The number of aromatic hydroxyl groups is 1. The van der Waals surface area contributed by atoms with E-state index in [1.165, 1.54) is 6.33 Å². The molecule has 7 nitrogen and oxygen atoms in total. The number of benzene rings is 2. The van der Waals surface area contributed by atoms with Crippen LogP contribution in [-0.2, 0) is 0 Å². The Hall–Kier alpha value is -3.58. The van der Waals surface area contributed by atoms with E-state index in [2.05, 4.69) is 15.3 Å². The first kappa shape index (κ1) is 20.2. The molecule has 0 aliphatic carbocycles. The van der Waals surface area contributed by atoms with E-state index in [4.69, 9.17) is 10.5 Å². The Bertz CT molecular complexity index is 1090. The first-order chi connectivity index (χ1) is 14.1. The second-order valence-electron chi connectivity index (χ2n) is 6.35. The van der Waals surface area contributed by atoms with Crippen LogP contribution in [0.3, 0.4) is 0 Å². The fourth-order valence-corrected chi connectivity index (χ4v) is 3.04. The van der Waals surface area contributed by atoms with E-state index >= 15 is 0 Å². The highest BCUT2D eigenvalue weighted by Gasteiger charge is 2.16. The highest BCUT2D eigenvalue weighted by molar-refractivity contribution is 6.01. The predicted molar refractivity (Wildman–Crippen MR) is 117 cm³/mol. The molecule has 0 saturated carbocycles. The minimum absolute atomic E-state index is 0.194. The minimum atomic E-state index is 0.194. The van der Waals surface area contributed by atoms with Crippen LogP contribution in [0, 0.1) is 0 Å². The van der Waals surface area contributed by atoms with Gasteiger partial charge in [-0.1, -0.05) is 12.1 Å². The van der Waals surface area contributed by atoms with Gasteiger partial charge < -0.3 is 25.5 Å². The third-order valence-corrected chi connectivity index (χ3v) is 4.20. The number of nitrogens with zero attached hydrogens (tertiary/aromatic N) is 3. The molecule has 2 aromatic carbocycles. The molecule has 29 heavy (non-hydrogen) atoms. The number of anilines is 1. The number of phenols is 1. The molecule has 4 rings (SSSR count). The van der Waals surface area contributed by atoms with Gasteiger partial charge in [-0.3, -0.25) is 0 Å². The smallest absolute Gasteiger partial charge is 0.150 e. The quantitative estimate of drug-likeness (QED) is 0.492. The van der Waals surface area contributed by atoms with Crippen molar-refractivity contribution in [1.82, 2.24) is 19.9 Å². The molecule has 0 bridgehead atoms. The van der Waals surface area contributed by atoms with Crippen molar-refractivity contribution in [2.24, 2.45) is 0 Å². The Morgan fingerprint density at radius 1 is 1.10 bits per heavy atom. The van der Waals surface area contributed by atoms with Gasteiger partial charge in [0.05, 0.1) is 12.0 Å². The molecule has 150 valence electrons. The summed E-state index contributed by atoms with van der Waals surface area (Å²) in [6.07, 6.45) is 3.41. The van der Waals surface area contributed by atoms with Crippen LogP contribution in [0.15, 0.2) is 61.1 Å². The third kappa shape index (κ3) is 4.30. The molecule has 2 aromatic heterocycles. The molecule has 0 amide bonds. The maximum absolute atomic E-state index is 9.84. The molecule has 2 heterocycles. The third-order valence-electron chi connectivity index (χ3n) is 4.20. The Kier molecular flexibility index (Phi) is 6.31. The van der Waals surface area contributed by atoms with Crippen LogP contribution >= 0.6 is 0 Å². The Labute approximate surface area is 169 Å². The molecule has 0 unspecified atom stereocenters. The molecule has 0 fully saturated rings. The second kappa shape index (κ2) is 9.07. The second-order valence-corrected chi connectivity index (χ2v) is 6.35. The zero-order valence-electron chi connectivity index (χ0n) is 16.8. The van der Waals surface area contributed by atoms with Gasteiger partial charge in [-0.2, -0.15) is 0 Å². The molecule has 0 saturated heterocycles. The van der Waals surface area contributed by atoms with Gasteiger partial charge in [0.25, 0.3) is 0 Å². The fourth-order valence-electron chi connectivity index (χ4n) is 3.04. The summed E-state index contributed by atoms with van der Waals surface area (Å²) in [6.45, 7) is 2.58. The van der Waals surface area contributed by atoms with E-state index in [-0.39, 0.29) is 5.75 Å². The van der Waals surface area contributed by atoms with Gasteiger partial charge in [-0.05, 0) is 63.0 Å². The number of hydrogen-bond donors (Lipinski definition) is 3. The first-order valence-electron chi connectivity index (χ1n) is 9.31. The summed E-state index contributed by atoms with van der Waals surface area (Å²) >= 11 is 0. The molecule has 7 heteroatoms. The number of fused-ring (bicyclic) bond motifs is 1. The molecule has 0 radical (unpaired) electrons. The highest BCUT2D eigenvalue weighted by Crippen LogP contribution is 2.35. The van der Waals surface area contributed by atoms with Crippen LogP contribution < -0.4 is 15.8 Å². The number of aromatic nitrogens is 3. The van der Waals surface area contributed by atoms with E-state index in [0.717, 1.165) is 28.0 Å². The number of rotatable bonds is 4. The van der Waals surface area contributed by atoms with Gasteiger partial charge in [0.15, 0.2) is 5.65 Å². The predicted octanol–water partition coefficient (Wildman–Crippen LogP) is 3.61. The van der Waals surface area contributed by atoms with E-state index in [1.807, 2.05) is 62.1 Å². The van der Waals surface area contributed by atoms with Gasteiger partial charge in [0, 0.05) is 17.4 Å². The molecule has 4 N–H and O–H groups in total. The fraction of sp³-hybridized carbons (Fsp3) is 0.182. The highest BCUT2D eigenvalue weighted by atomic mass is 16.5. The SMILES string of the molecule is CCOc1ccc(-n2cc(-c3cccc(O)c3)c3c(N)ncnc32)cc1.CNC. The number of nitrogen functional groups attached to an aromatic ring is 1. The average Bonchev–Trinajstić information content (AvgIpc) is 3.11. The zero-order chi connectivity index (χ0) is 20.8. The lowest BCUT2D eigenvalue weighted by Gasteiger charge is -2.07. The molecule has 0 atom stereocenters. The van der Waals surface area contributed by atoms with E-state index in [1.54, 1.807) is 18.2 Å². The number of ether oxygens (including phenoxy) is 1. The van der Waals surface area contributed by atoms with Gasteiger partial charge >= 0.3 is 0 Å². The minimum Gasteiger partial charge on any atom is -0.508 e. The summed E-state index contributed by atoms with van der Waals surface area (Å²) in [7, 11) is 3.75. The van der Waals surface area contributed by atoms with Crippen molar-refractivity contribution >= 4 is 16.9 Å². The van der Waals surface area contributed by atoms with Crippen LogP contribution in [0.2, 0.25) is 0 Å². The maximum atomic E-state index is 9.84. The van der Waals surface area contributed by atoms with Crippen LogP contribution in [0.5, 0.6) is 11.5 Å². The van der Waals surface area contributed by atoms with Gasteiger partial charge in [-0.25, -0.2) is 9.97 Å². The molecule has 4 aromatic rings. The van der Waals surface area contributed by atoms with Gasteiger partial charge in [-0.15, -0.1) is 0 Å². The van der Waals surface area contributed by atoms with Gasteiger partial charge in [0.1, 0.15) is 23.6 Å². The summed E-state index contributed by atoms with van der Waals surface area (Å²) in [6, 6.07) is 14.8. The van der Waals surface area contributed by atoms with E-state index < -0.39 is 0 Å². The zero-order valence-corrected chi connectivity index (χ0v) is 16.8. The number of phenolic OH excluding ortho intramolecular Hbond substituents is 1.